The zero-order valence-corrected chi connectivity index (χ0v) is 17.1. The van der Waals surface area contributed by atoms with Crippen molar-refractivity contribution in [2.75, 3.05) is 11.9 Å². The monoisotopic (exact) mass is 415 g/mol. The third-order valence-corrected chi connectivity index (χ3v) is 6.29. The molecule has 1 aromatic heterocycles. The van der Waals surface area contributed by atoms with E-state index in [1.807, 2.05) is 6.92 Å². The van der Waals surface area contributed by atoms with Crippen molar-refractivity contribution in [3.05, 3.63) is 54.1 Å². The first kappa shape index (κ1) is 20.5. The number of anilines is 1. The summed E-state index contributed by atoms with van der Waals surface area (Å²) in [4.78, 5) is 12.5. The molecule has 0 bridgehead atoms. The van der Waals surface area contributed by atoms with Crippen LogP contribution in [-0.2, 0) is 9.84 Å². The summed E-state index contributed by atoms with van der Waals surface area (Å²) in [6.45, 7) is 5.67. The lowest BCUT2D eigenvalue weighted by Gasteiger charge is -2.07. The zero-order valence-electron chi connectivity index (χ0n) is 16.2. The maximum absolute atomic E-state index is 12.3. The average molecular weight is 415 g/mol. The number of carbonyl (C=O) groups is 1. The molecule has 0 unspecified atom stereocenters. The number of amides is 1. The molecule has 0 aliphatic carbocycles. The second kappa shape index (κ2) is 8.44. The number of carbonyl (C=O) groups excluding carboxylic acids is 1. The number of sulfone groups is 1. The van der Waals surface area contributed by atoms with Crippen molar-refractivity contribution in [2.45, 2.75) is 30.9 Å². The predicted octanol–water partition coefficient (Wildman–Crippen LogP) is 3.57. The zero-order chi connectivity index (χ0) is 21.0. The summed E-state index contributed by atoms with van der Waals surface area (Å²) >= 11 is 0. The normalized spacial score (nSPS) is 11.4. The van der Waals surface area contributed by atoms with Gasteiger partial charge in [-0.05, 0) is 69.3 Å². The van der Waals surface area contributed by atoms with Crippen LogP contribution >= 0.6 is 0 Å². The lowest BCUT2D eigenvalue weighted by Crippen LogP contribution is -2.13. The lowest BCUT2D eigenvalue weighted by molar-refractivity contribution is 0.102. The van der Waals surface area contributed by atoms with Crippen molar-refractivity contribution in [3.63, 3.8) is 0 Å². The van der Waals surface area contributed by atoms with Crippen molar-refractivity contribution in [1.29, 1.82) is 0 Å². The fraction of sp³-hybridized carbons (Fsp3) is 0.250. The summed E-state index contributed by atoms with van der Waals surface area (Å²) < 4.78 is 35.2. The molecule has 1 heterocycles. The van der Waals surface area contributed by atoms with Gasteiger partial charge in [-0.1, -0.05) is 5.10 Å². The Bertz CT molecular complexity index is 1090. The van der Waals surface area contributed by atoms with Crippen LogP contribution in [0.1, 0.15) is 31.1 Å². The van der Waals surface area contributed by atoms with E-state index in [9.17, 15) is 13.2 Å². The fourth-order valence-corrected chi connectivity index (χ4v) is 3.55. The molecule has 0 fully saturated rings. The van der Waals surface area contributed by atoms with Gasteiger partial charge < -0.3 is 9.15 Å². The molecule has 3 aromatic rings. The topological polar surface area (TPSA) is 111 Å². The number of rotatable bonds is 7. The van der Waals surface area contributed by atoms with Gasteiger partial charge in [0.1, 0.15) is 5.75 Å². The smallest absolute Gasteiger partial charge is 0.322 e. The van der Waals surface area contributed by atoms with E-state index in [0.29, 0.717) is 23.5 Å². The van der Waals surface area contributed by atoms with Gasteiger partial charge in [0.25, 0.3) is 5.91 Å². The molecule has 8 nitrogen and oxygen atoms in total. The Balaban J connectivity index is 1.71. The standard InChI is InChI=1S/C20H21N3O5S/c1-4-27-16-9-5-14(6-10-16)18(24)21-20-23-22-19(28-20)15-7-11-17(12-8-15)29(25,26)13(2)3/h5-13H,4H2,1-3H3,(H,21,23,24). The highest BCUT2D eigenvalue weighted by Crippen LogP contribution is 2.23. The maximum atomic E-state index is 12.3. The fourth-order valence-electron chi connectivity index (χ4n) is 2.49. The molecule has 0 radical (unpaired) electrons. The van der Waals surface area contributed by atoms with Gasteiger partial charge >= 0.3 is 6.01 Å². The molecule has 0 atom stereocenters. The van der Waals surface area contributed by atoms with Crippen molar-refractivity contribution in [2.24, 2.45) is 0 Å². The molecule has 3 rings (SSSR count). The number of benzene rings is 2. The Labute approximate surface area is 168 Å². The Morgan fingerprint density at radius 3 is 2.31 bits per heavy atom. The largest absolute Gasteiger partial charge is 0.494 e. The van der Waals surface area contributed by atoms with E-state index in [2.05, 4.69) is 15.5 Å². The molecule has 0 aliphatic heterocycles. The van der Waals surface area contributed by atoms with Crippen molar-refractivity contribution < 1.29 is 22.4 Å². The molecule has 9 heteroatoms. The van der Waals surface area contributed by atoms with E-state index in [4.69, 9.17) is 9.15 Å². The van der Waals surface area contributed by atoms with Crippen LogP contribution in [0.2, 0.25) is 0 Å². The van der Waals surface area contributed by atoms with Crippen molar-refractivity contribution in [1.82, 2.24) is 10.2 Å². The molecule has 0 spiro atoms. The molecule has 2 aromatic carbocycles. The van der Waals surface area contributed by atoms with E-state index in [0.717, 1.165) is 0 Å². The van der Waals surface area contributed by atoms with Crippen LogP contribution in [0.3, 0.4) is 0 Å². The van der Waals surface area contributed by atoms with E-state index in [1.54, 1.807) is 50.2 Å². The minimum Gasteiger partial charge on any atom is -0.494 e. The third kappa shape index (κ3) is 4.62. The number of nitrogens with one attached hydrogen (secondary N) is 1. The highest BCUT2D eigenvalue weighted by Gasteiger charge is 2.19. The number of hydrogen-bond donors (Lipinski definition) is 1. The van der Waals surface area contributed by atoms with Crippen LogP contribution in [0.25, 0.3) is 11.5 Å². The van der Waals surface area contributed by atoms with Crippen LogP contribution in [0.15, 0.2) is 57.8 Å². The molecular weight excluding hydrogens is 394 g/mol. The molecule has 1 N–H and O–H groups in total. The molecular formula is C20H21N3O5S. The summed E-state index contributed by atoms with van der Waals surface area (Å²) in [5, 5.41) is 9.73. The minimum atomic E-state index is -3.36. The highest BCUT2D eigenvalue weighted by molar-refractivity contribution is 7.92. The van der Waals surface area contributed by atoms with Crippen LogP contribution in [0, 0.1) is 0 Å². The van der Waals surface area contributed by atoms with Crippen LogP contribution in [0.4, 0.5) is 6.01 Å². The molecule has 0 aliphatic rings. The maximum Gasteiger partial charge on any atom is 0.322 e. The first-order valence-corrected chi connectivity index (χ1v) is 10.6. The Kier molecular flexibility index (Phi) is 5.97. The summed E-state index contributed by atoms with van der Waals surface area (Å²) in [5.41, 5.74) is 0.957. The summed E-state index contributed by atoms with van der Waals surface area (Å²) in [5.74, 6) is 0.439. The van der Waals surface area contributed by atoms with Crippen LogP contribution in [-0.4, -0.2) is 36.4 Å². The summed E-state index contributed by atoms with van der Waals surface area (Å²) in [6, 6.07) is 12.8. The predicted molar refractivity (Wildman–Crippen MR) is 108 cm³/mol. The number of nitrogens with zero attached hydrogens (tertiary/aromatic N) is 2. The first-order valence-electron chi connectivity index (χ1n) is 9.03. The van der Waals surface area contributed by atoms with Crippen LogP contribution in [0.5, 0.6) is 5.75 Å². The van der Waals surface area contributed by atoms with Gasteiger partial charge in [0.05, 0.1) is 16.8 Å². The van der Waals surface area contributed by atoms with E-state index >= 15 is 0 Å². The van der Waals surface area contributed by atoms with Gasteiger partial charge in [0.15, 0.2) is 9.84 Å². The van der Waals surface area contributed by atoms with Gasteiger partial charge in [-0.25, -0.2) is 8.42 Å². The number of hydrogen-bond acceptors (Lipinski definition) is 7. The Hall–Kier alpha value is -3.20. The lowest BCUT2D eigenvalue weighted by atomic mass is 10.2. The van der Waals surface area contributed by atoms with Gasteiger partial charge in [0.2, 0.25) is 5.89 Å². The molecule has 1 amide bonds. The van der Waals surface area contributed by atoms with E-state index in [1.165, 1.54) is 12.1 Å². The van der Waals surface area contributed by atoms with Gasteiger partial charge in [-0.2, -0.15) is 0 Å². The van der Waals surface area contributed by atoms with Crippen molar-refractivity contribution in [3.8, 4) is 17.2 Å². The van der Waals surface area contributed by atoms with Crippen molar-refractivity contribution >= 4 is 21.8 Å². The molecule has 152 valence electrons. The molecule has 0 saturated heterocycles. The van der Waals surface area contributed by atoms with Crippen LogP contribution < -0.4 is 10.1 Å². The van der Waals surface area contributed by atoms with E-state index in [-0.39, 0.29) is 16.8 Å². The van der Waals surface area contributed by atoms with Gasteiger partial charge in [0, 0.05) is 11.1 Å². The highest BCUT2D eigenvalue weighted by atomic mass is 32.2. The summed E-state index contributed by atoms with van der Waals surface area (Å²) in [6.07, 6.45) is 0. The van der Waals surface area contributed by atoms with Gasteiger partial charge in [-0.3, -0.25) is 10.1 Å². The Morgan fingerprint density at radius 2 is 1.72 bits per heavy atom. The molecule has 0 saturated carbocycles. The molecule has 29 heavy (non-hydrogen) atoms. The first-order chi connectivity index (χ1) is 13.8. The minimum absolute atomic E-state index is 0.0576. The van der Waals surface area contributed by atoms with Gasteiger partial charge in [-0.15, -0.1) is 5.10 Å². The van der Waals surface area contributed by atoms with E-state index < -0.39 is 21.0 Å². The second-order valence-corrected chi connectivity index (χ2v) is 8.95. The third-order valence-electron chi connectivity index (χ3n) is 4.12. The SMILES string of the molecule is CCOc1ccc(C(=O)Nc2nnc(-c3ccc(S(=O)(=O)C(C)C)cc3)o2)cc1. The average Bonchev–Trinajstić information content (AvgIpc) is 3.17. The summed E-state index contributed by atoms with van der Waals surface area (Å²) in [7, 11) is -3.36. The number of ether oxygens (including phenoxy) is 1. The second-order valence-electron chi connectivity index (χ2n) is 6.44. The number of aromatic nitrogens is 2. The Morgan fingerprint density at radius 1 is 1.07 bits per heavy atom. The quantitative estimate of drug-likeness (QED) is 0.628.